The fraction of sp³-hybridized carbons (Fsp3) is 0.458. The van der Waals surface area contributed by atoms with Crippen LogP contribution in [0.25, 0.3) is 0 Å². The molecule has 31 heavy (non-hydrogen) atoms. The number of amides is 1. The molecule has 164 valence electrons. The maximum atomic E-state index is 12.9. The van der Waals surface area contributed by atoms with Crippen LogP contribution in [0.3, 0.4) is 0 Å². The van der Waals surface area contributed by atoms with Crippen molar-refractivity contribution in [1.29, 1.82) is 0 Å². The molecule has 2 fully saturated rings. The summed E-state index contributed by atoms with van der Waals surface area (Å²) >= 11 is 0. The number of aromatic nitrogens is 1. The average molecular weight is 424 g/mol. The summed E-state index contributed by atoms with van der Waals surface area (Å²) < 4.78 is 11.6. The number of carbonyl (C=O) groups is 2. The number of rotatable bonds is 8. The monoisotopic (exact) mass is 423 g/mol. The molecule has 1 amide bonds. The van der Waals surface area contributed by atoms with Crippen molar-refractivity contribution in [1.82, 2.24) is 15.0 Å². The van der Waals surface area contributed by atoms with Gasteiger partial charge in [-0.25, -0.2) is 5.01 Å². The topological polar surface area (TPSA) is 72.0 Å². The van der Waals surface area contributed by atoms with Crippen LogP contribution >= 0.6 is 0 Å². The molecule has 1 saturated carbocycles. The number of carbonyl (C=O) groups excluding carboxylic acids is 2. The summed E-state index contributed by atoms with van der Waals surface area (Å²) in [6.45, 7) is 0.480. The van der Waals surface area contributed by atoms with Crippen molar-refractivity contribution in [2.45, 2.75) is 50.7 Å². The molecule has 1 atom stereocenters. The number of hydrogen-bond donors (Lipinski definition) is 0. The van der Waals surface area contributed by atoms with Gasteiger partial charge >= 0.3 is 5.91 Å². The Hall–Kier alpha value is -2.93. The Kier molecular flexibility index (Phi) is 6.51. The molecule has 1 aromatic carbocycles. The number of hydrazine groups is 1. The van der Waals surface area contributed by atoms with Gasteiger partial charge in [0.15, 0.2) is 11.5 Å². The lowest BCUT2D eigenvalue weighted by Crippen LogP contribution is -2.38. The first-order valence-corrected chi connectivity index (χ1v) is 10.9. The first kappa shape index (κ1) is 21.3. The molecule has 0 N–H and O–H groups in total. The molecule has 7 heteroatoms. The Morgan fingerprint density at radius 3 is 2.65 bits per heavy atom. The Morgan fingerprint density at radius 1 is 1.13 bits per heavy atom. The van der Waals surface area contributed by atoms with Crippen molar-refractivity contribution in [3.8, 4) is 11.5 Å². The summed E-state index contributed by atoms with van der Waals surface area (Å²) in [5, 5.41) is 3.29. The van der Waals surface area contributed by atoms with Crippen LogP contribution in [-0.2, 0) is 16.0 Å². The number of ketones is 1. The number of Topliss-reactive ketones (excluding diaryl/α,β-unsaturated/α-hetero) is 1. The van der Waals surface area contributed by atoms with Crippen LogP contribution in [0.1, 0.15) is 49.3 Å². The third kappa shape index (κ3) is 4.56. The Labute approximate surface area is 182 Å². The summed E-state index contributed by atoms with van der Waals surface area (Å²) in [7, 11) is 3.40. The zero-order valence-corrected chi connectivity index (χ0v) is 18.1. The average Bonchev–Trinajstić information content (AvgIpc) is 3.37. The molecular formula is C24H29N3O4. The molecule has 0 radical (unpaired) electrons. The van der Waals surface area contributed by atoms with E-state index >= 15 is 0 Å². The summed E-state index contributed by atoms with van der Waals surface area (Å²) in [5.41, 5.74) is 1.85. The second kappa shape index (κ2) is 9.47. The van der Waals surface area contributed by atoms with E-state index in [1.54, 1.807) is 30.4 Å². The van der Waals surface area contributed by atoms with Gasteiger partial charge in [0.2, 0.25) is 5.78 Å². The molecule has 1 unspecified atom stereocenters. The Balaban J connectivity index is 1.48. The van der Waals surface area contributed by atoms with E-state index in [9.17, 15) is 9.59 Å². The number of methoxy groups -OCH3 is 1. The van der Waals surface area contributed by atoms with Crippen molar-refractivity contribution in [3.63, 3.8) is 0 Å². The van der Waals surface area contributed by atoms with Gasteiger partial charge in [0, 0.05) is 26.0 Å². The van der Waals surface area contributed by atoms with Gasteiger partial charge < -0.3 is 9.47 Å². The molecule has 4 rings (SSSR count). The highest BCUT2D eigenvalue weighted by Gasteiger charge is 2.44. The minimum absolute atomic E-state index is 0.173. The lowest BCUT2D eigenvalue weighted by molar-refractivity contribution is -0.143. The van der Waals surface area contributed by atoms with E-state index in [0.717, 1.165) is 36.8 Å². The molecule has 1 saturated heterocycles. The van der Waals surface area contributed by atoms with Gasteiger partial charge in [-0.1, -0.05) is 12.1 Å². The summed E-state index contributed by atoms with van der Waals surface area (Å²) in [5.74, 6) is 0.396. The summed E-state index contributed by atoms with van der Waals surface area (Å²) in [6, 6.07) is 8.77. The van der Waals surface area contributed by atoms with Gasteiger partial charge in [0.05, 0.1) is 13.2 Å². The second-order valence-electron chi connectivity index (χ2n) is 8.17. The molecule has 0 spiro atoms. The van der Waals surface area contributed by atoms with Crippen LogP contribution in [0.2, 0.25) is 0 Å². The zero-order chi connectivity index (χ0) is 21.8. The molecule has 7 nitrogen and oxygen atoms in total. The number of likely N-dealkylation sites (N-methyl/N-ethyl adjacent to an activating group) is 1. The van der Waals surface area contributed by atoms with Gasteiger partial charge in [-0.3, -0.25) is 19.6 Å². The van der Waals surface area contributed by atoms with Gasteiger partial charge in [-0.15, -0.1) is 0 Å². The number of hydrogen-bond acceptors (Lipinski definition) is 6. The third-order valence-corrected chi connectivity index (χ3v) is 6.11. The van der Waals surface area contributed by atoms with Crippen molar-refractivity contribution in [2.75, 3.05) is 20.7 Å². The molecular weight excluding hydrogens is 394 g/mol. The first-order valence-electron chi connectivity index (χ1n) is 10.9. The van der Waals surface area contributed by atoms with Crippen LogP contribution in [0.15, 0.2) is 42.7 Å². The summed E-state index contributed by atoms with van der Waals surface area (Å²) in [4.78, 5) is 29.7. The van der Waals surface area contributed by atoms with E-state index in [1.807, 2.05) is 36.5 Å². The van der Waals surface area contributed by atoms with Crippen LogP contribution in [0, 0.1) is 0 Å². The molecule has 1 aliphatic heterocycles. The largest absolute Gasteiger partial charge is 0.493 e. The summed E-state index contributed by atoms with van der Waals surface area (Å²) in [6.07, 6.45) is 9.67. The number of benzene rings is 1. The quantitative estimate of drug-likeness (QED) is 0.607. The minimum atomic E-state index is -0.650. The van der Waals surface area contributed by atoms with E-state index in [-0.39, 0.29) is 6.10 Å². The standard InChI is InChI=1S/C24H29N3O4/c1-26-22(18-11-12-20(30-2)21(15-18)31-19-9-3-4-10-19)23(28)24(29)27(26)14-6-8-17-7-5-13-25-16-17/h5,7,11-13,15-16,19,22H,3-4,6,8-10,14H2,1-2H3. The molecule has 2 aromatic rings. The molecule has 1 aliphatic carbocycles. The molecule has 2 heterocycles. The molecule has 0 bridgehead atoms. The number of pyridine rings is 1. The fourth-order valence-electron chi connectivity index (χ4n) is 4.44. The predicted molar refractivity (Wildman–Crippen MR) is 116 cm³/mol. The minimum Gasteiger partial charge on any atom is -0.493 e. The number of ether oxygens (including phenoxy) is 2. The normalized spacial score (nSPS) is 19.9. The Bertz CT molecular complexity index is 928. The van der Waals surface area contributed by atoms with E-state index in [1.165, 1.54) is 12.8 Å². The van der Waals surface area contributed by atoms with Crippen LogP contribution in [-0.4, -0.2) is 53.5 Å². The lowest BCUT2D eigenvalue weighted by atomic mass is 10.0. The van der Waals surface area contributed by atoms with Crippen LogP contribution < -0.4 is 9.47 Å². The van der Waals surface area contributed by atoms with Crippen LogP contribution in [0.4, 0.5) is 0 Å². The SMILES string of the molecule is COc1ccc(C2C(=O)C(=O)N(CCCc3cccnc3)N2C)cc1OC1CCCC1. The van der Waals surface area contributed by atoms with Gasteiger partial charge in [0.25, 0.3) is 0 Å². The lowest BCUT2D eigenvalue weighted by Gasteiger charge is -2.27. The van der Waals surface area contributed by atoms with Crippen molar-refractivity contribution in [2.24, 2.45) is 0 Å². The fourth-order valence-corrected chi connectivity index (χ4v) is 4.44. The van der Waals surface area contributed by atoms with Crippen LogP contribution in [0.5, 0.6) is 11.5 Å². The van der Waals surface area contributed by atoms with Gasteiger partial charge in [-0.05, 0) is 67.9 Å². The van der Waals surface area contributed by atoms with Crippen molar-refractivity contribution in [3.05, 3.63) is 53.9 Å². The molecule has 2 aliphatic rings. The van der Waals surface area contributed by atoms with E-state index in [2.05, 4.69) is 4.98 Å². The maximum Gasteiger partial charge on any atom is 0.306 e. The van der Waals surface area contributed by atoms with Crippen molar-refractivity contribution < 1.29 is 19.1 Å². The van der Waals surface area contributed by atoms with Gasteiger partial charge in [-0.2, -0.15) is 0 Å². The van der Waals surface area contributed by atoms with E-state index in [4.69, 9.17) is 9.47 Å². The second-order valence-corrected chi connectivity index (χ2v) is 8.17. The predicted octanol–water partition coefficient (Wildman–Crippen LogP) is 3.34. The third-order valence-electron chi connectivity index (χ3n) is 6.11. The van der Waals surface area contributed by atoms with E-state index < -0.39 is 17.7 Å². The molecule has 1 aromatic heterocycles. The maximum absolute atomic E-state index is 12.9. The zero-order valence-electron chi connectivity index (χ0n) is 18.1. The first-order chi connectivity index (χ1) is 15.1. The van der Waals surface area contributed by atoms with E-state index in [0.29, 0.717) is 18.0 Å². The highest BCUT2D eigenvalue weighted by Crippen LogP contribution is 2.37. The highest BCUT2D eigenvalue weighted by atomic mass is 16.5. The van der Waals surface area contributed by atoms with Gasteiger partial charge in [0.1, 0.15) is 6.04 Å². The number of nitrogens with zero attached hydrogens (tertiary/aromatic N) is 3. The smallest absolute Gasteiger partial charge is 0.306 e. The highest BCUT2D eigenvalue weighted by molar-refractivity contribution is 6.39. The van der Waals surface area contributed by atoms with Crippen molar-refractivity contribution >= 4 is 11.7 Å². The number of aryl methyl sites for hydroxylation is 1. The Morgan fingerprint density at radius 2 is 1.94 bits per heavy atom.